The van der Waals surface area contributed by atoms with Crippen molar-refractivity contribution in [2.24, 2.45) is 5.92 Å². The smallest absolute Gasteiger partial charge is 0.273 e. The zero-order valence-corrected chi connectivity index (χ0v) is 11.4. The number of carbonyl (C=O) groups is 1. The quantitative estimate of drug-likeness (QED) is 0.625. The fraction of sp³-hybridized carbons (Fsp3) is 0.500. The van der Waals surface area contributed by atoms with Crippen LogP contribution in [0.2, 0.25) is 0 Å². The van der Waals surface area contributed by atoms with Gasteiger partial charge in [-0.25, -0.2) is 0 Å². The Morgan fingerprint density at radius 2 is 2.15 bits per heavy atom. The Labute approximate surface area is 117 Å². The predicted octanol–water partition coefficient (Wildman–Crippen LogP) is 2.23. The Kier molecular flexibility index (Phi) is 4.55. The number of nitro benzene ring substituents is 1. The molecule has 1 aromatic rings. The zero-order chi connectivity index (χ0) is 14.5. The molecule has 1 amide bonds. The highest BCUT2D eigenvalue weighted by Gasteiger charge is 2.20. The monoisotopic (exact) mass is 278 g/mol. The van der Waals surface area contributed by atoms with E-state index in [9.17, 15) is 14.9 Å². The Bertz CT molecular complexity index is 496. The molecule has 1 heterocycles. The van der Waals surface area contributed by atoms with E-state index in [1.54, 1.807) is 17.0 Å². The van der Waals surface area contributed by atoms with E-state index < -0.39 is 4.92 Å². The lowest BCUT2D eigenvalue weighted by molar-refractivity contribution is -0.384. The second-order valence-corrected chi connectivity index (χ2v) is 5.11. The van der Waals surface area contributed by atoms with Crippen LogP contribution in [-0.2, 0) is 4.79 Å². The summed E-state index contributed by atoms with van der Waals surface area (Å²) < 4.78 is 5.34. The van der Waals surface area contributed by atoms with Gasteiger partial charge in [0.1, 0.15) is 5.75 Å². The van der Waals surface area contributed by atoms with E-state index in [1.807, 2.05) is 0 Å². The molecule has 0 atom stereocenters. The van der Waals surface area contributed by atoms with Crippen molar-refractivity contribution in [1.82, 2.24) is 4.90 Å². The van der Waals surface area contributed by atoms with Gasteiger partial charge in [-0.15, -0.1) is 0 Å². The molecule has 6 nitrogen and oxygen atoms in total. The van der Waals surface area contributed by atoms with Crippen LogP contribution in [0.4, 0.5) is 5.69 Å². The maximum absolute atomic E-state index is 12.0. The third-order valence-corrected chi connectivity index (χ3v) is 3.53. The molecule has 6 heteroatoms. The van der Waals surface area contributed by atoms with Crippen molar-refractivity contribution in [3.05, 3.63) is 34.4 Å². The summed E-state index contributed by atoms with van der Waals surface area (Å²) in [5.41, 5.74) is -0.0400. The number of carbonyl (C=O) groups excluding carboxylic acids is 1. The van der Waals surface area contributed by atoms with Crippen LogP contribution in [0.15, 0.2) is 24.3 Å². The third-order valence-electron chi connectivity index (χ3n) is 3.53. The number of ether oxygens (including phenoxy) is 1. The molecule has 0 bridgehead atoms. The molecule has 0 aliphatic carbocycles. The summed E-state index contributed by atoms with van der Waals surface area (Å²) in [6.45, 7) is 3.63. The van der Waals surface area contributed by atoms with Crippen molar-refractivity contribution in [3.8, 4) is 5.75 Å². The molecule has 0 radical (unpaired) electrons. The van der Waals surface area contributed by atoms with E-state index in [2.05, 4.69) is 6.92 Å². The average molecular weight is 278 g/mol. The number of nitrogens with zero attached hydrogens (tertiary/aromatic N) is 2. The first-order chi connectivity index (χ1) is 9.56. The molecule has 1 saturated heterocycles. The van der Waals surface area contributed by atoms with E-state index in [-0.39, 0.29) is 18.2 Å². The number of hydrogen-bond acceptors (Lipinski definition) is 4. The van der Waals surface area contributed by atoms with Crippen molar-refractivity contribution >= 4 is 11.6 Å². The Balaban J connectivity index is 1.87. The Morgan fingerprint density at radius 1 is 1.45 bits per heavy atom. The summed E-state index contributed by atoms with van der Waals surface area (Å²) in [7, 11) is 0. The molecule has 1 aliphatic rings. The molecule has 0 unspecified atom stereocenters. The fourth-order valence-corrected chi connectivity index (χ4v) is 2.18. The van der Waals surface area contributed by atoms with Gasteiger partial charge in [-0.05, 0) is 24.8 Å². The van der Waals surface area contributed by atoms with Crippen LogP contribution in [0.5, 0.6) is 5.75 Å². The van der Waals surface area contributed by atoms with Gasteiger partial charge in [0.15, 0.2) is 6.61 Å². The third kappa shape index (κ3) is 3.69. The number of amides is 1. The molecule has 0 N–H and O–H groups in total. The summed E-state index contributed by atoms with van der Waals surface area (Å²) >= 11 is 0. The summed E-state index contributed by atoms with van der Waals surface area (Å²) in [5.74, 6) is 0.943. The van der Waals surface area contributed by atoms with Crippen molar-refractivity contribution in [2.75, 3.05) is 19.7 Å². The molecule has 2 rings (SSSR count). The molecule has 20 heavy (non-hydrogen) atoms. The van der Waals surface area contributed by atoms with E-state index in [0.29, 0.717) is 11.7 Å². The lowest BCUT2D eigenvalue weighted by atomic mass is 9.99. The molecule has 0 aromatic heterocycles. The SMILES string of the molecule is CC1CCN(C(=O)COc2cccc([N+](=O)[O-])c2)CC1. The van der Waals surface area contributed by atoms with Crippen LogP contribution in [-0.4, -0.2) is 35.4 Å². The maximum Gasteiger partial charge on any atom is 0.273 e. The molecule has 1 aromatic carbocycles. The average Bonchev–Trinajstić information content (AvgIpc) is 2.46. The van der Waals surface area contributed by atoms with Crippen molar-refractivity contribution in [2.45, 2.75) is 19.8 Å². The number of piperidine rings is 1. The van der Waals surface area contributed by atoms with Crippen LogP contribution in [0.3, 0.4) is 0 Å². The van der Waals surface area contributed by atoms with Gasteiger partial charge in [0, 0.05) is 19.2 Å². The van der Waals surface area contributed by atoms with E-state index in [0.717, 1.165) is 25.9 Å². The van der Waals surface area contributed by atoms with Crippen molar-refractivity contribution in [3.63, 3.8) is 0 Å². The predicted molar refractivity (Wildman–Crippen MR) is 73.6 cm³/mol. The highest BCUT2D eigenvalue weighted by molar-refractivity contribution is 5.77. The fourth-order valence-electron chi connectivity index (χ4n) is 2.18. The highest BCUT2D eigenvalue weighted by atomic mass is 16.6. The van der Waals surface area contributed by atoms with Gasteiger partial charge in [-0.3, -0.25) is 14.9 Å². The first-order valence-electron chi connectivity index (χ1n) is 6.71. The first-order valence-corrected chi connectivity index (χ1v) is 6.71. The lowest BCUT2D eigenvalue weighted by Crippen LogP contribution is -2.40. The van der Waals surface area contributed by atoms with Crippen LogP contribution in [0, 0.1) is 16.0 Å². The van der Waals surface area contributed by atoms with Crippen molar-refractivity contribution < 1.29 is 14.5 Å². The van der Waals surface area contributed by atoms with Gasteiger partial charge in [0.05, 0.1) is 11.0 Å². The van der Waals surface area contributed by atoms with Gasteiger partial charge in [0.2, 0.25) is 0 Å². The normalized spacial score (nSPS) is 15.9. The number of rotatable bonds is 4. The van der Waals surface area contributed by atoms with Crippen LogP contribution in [0.25, 0.3) is 0 Å². The first kappa shape index (κ1) is 14.3. The van der Waals surface area contributed by atoms with Crippen molar-refractivity contribution in [1.29, 1.82) is 0 Å². The number of non-ortho nitro benzene ring substituents is 1. The molecular weight excluding hydrogens is 260 g/mol. The van der Waals surface area contributed by atoms with Gasteiger partial charge in [-0.2, -0.15) is 0 Å². The summed E-state index contributed by atoms with van der Waals surface area (Å²) in [6.07, 6.45) is 2.03. The zero-order valence-electron chi connectivity index (χ0n) is 11.4. The maximum atomic E-state index is 12.0. The molecule has 0 spiro atoms. The van der Waals surface area contributed by atoms with E-state index in [4.69, 9.17) is 4.74 Å². The standard InChI is InChI=1S/C14H18N2O4/c1-11-5-7-15(8-6-11)14(17)10-20-13-4-2-3-12(9-13)16(18)19/h2-4,9,11H,5-8,10H2,1H3. The van der Waals surface area contributed by atoms with Crippen LogP contribution in [0.1, 0.15) is 19.8 Å². The minimum Gasteiger partial charge on any atom is -0.484 e. The number of nitro groups is 1. The largest absolute Gasteiger partial charge is 0.484 e. The molecular formula is C14H18N2O4. The summed E-state index contributed by atoms with van der Waals surface area (Å²) in [5, 5.41) is 10.6. The minimum absolute atomic E-state index is 0.0400. The summed E-state index contributed by atoms with van der Waals surface area (Å²) in [6, 6.07) is 5.87. The Hall–Kier alpha value is -2.11. The highest BCUT2D eigenvalue weighted by Crippen LogP contribution is 2.20. The topological polar surface area (TPSA) is 72.7 Å². The lowest BCUT2D eigenvalue weighted by Gasteiger charge is -2.30. The molecule has 108 valence electrons. The Morgan fingerprint density at radius 3 is 2.80 bits per heavy atom. The minimum atomic E-state index is -0.485. The van der Waals surface area contributed by atoms with Crippen LogP contribution >= 0.6 is 0 Å². The van der Waals surface area contributed by atoms with Gasteiger partial charge >= 0.3 is 0 Å². The van der Waals surface area contributed by atoms with Gasteiger partial charge in [-0.1, -0.05) is 13.0 Å². The summed E-state index contributed by atoms with van der Waals surface area (Å²) in [4.78, 5) is 23.9. The van der Waals surface area contributed by atoms with Crippen LogP contribution < -0.4 is 4.74 Å². The second-order valence-electron chi connectivity index (χ2n) is 5.11. The number of likely N-dealkylation sites (tertiary alicyclic amines) is 1. The molecule has 0 saturated carbocycles. The van der Waals surface area contributed by atoms with Gasteiger partial charge in [0.25, 0.3) is 11.6 Å². The van der Waals surface area contributed by atoms with E-state index >= 15 is 0 Å². The molecule has 1 aliphatic heterocycles. The van der Waals surface area contributed by atoms with E-state index in [1.165, 1.54) is 12.1 Å². The van der Waals surface area contributed by atoms with Gasteiger partial charge < -0.3 is 9.64 Å². The second kappa shape index (κ2) is 6.36. The number of hydrogen-bond donors (Lipinski definition) is 0. The number of benzene rings is 1. The molecule has 1 fully saturated rings.